The third kappa shape index (κ3) is 3.82. The van der Waals surface area contributed by atoms with E-state index in [-0.39, 0.29) is 17.8 Å². The van der Waals surface area contributed by atoms with E-state index in [0.29, 0.717) is 20.3 Å². The Bertz CT molecular complexity index is 1140. The summed E-state index contributed by atoms with van der Waals surface area (Å²) in [4.78, 5) is 28.0. The van der Waals surface area contributed by atoms with Crippen molar-refractivity contribution in [2.45, 2.75) is 6.42 Å². The molecule has 140 valence electrons. The molecule has 0 bridgehead atoms. The molecule has 0 unspecified atom stereocenters. The predicted octanol–water partition coefficient (Wildman–Crippen LogP) is 6.98. The van der Waals surface area contributed by atoms with E-state index < -0.39 is 5.97 Å². The molecule has 3 nitrogen and oxygen atoms in total. The van der Waals surface area contributed by atoms with Gasteiger partial charge < -0.3 is 5.11 Å². The molecule has 3 heterocycles. The summed E-state index contributed by atoms with van der Waals surface area (Å²) in [5.74, 6) is -1.10. The van der Waals surface area contributed by atoms with Crippen LogP contribution in [0.3, 0.4) is 0 Å². The van der Waals surface area contributed by atoms with Crippen molar-refractivity contribution < 1.29 is 14.7 Å². The van der Waals surface area contributed by atoms with E-state index in [1.54, 1.807) is 41.0 Å². The molecule has 0 fully saturated rings. The van der Waals surface area contributed by atoms with Crippen LogP contribution in [0.5, 0.6) is 0 Å². The zero-order valence-corrected chi connectivity index (χ0v) is 17.6. The summed E-state index contributed by atoms with van der Waals surface area (Å²) in [6.45, 7) is 0. The van der Waals surface area contributed by atoms with Crippen molar-refractivity contribution in [2.75, 3.05) is 0 Å². The molecule has 1 N–H and O–H groups in total. The number of benzene rings is 1. The number of ketones is 1. The van der Waals surface area contributed by atoms with Crippen molar-refractivity contribution in [1.82, 2.24) is 0 Å². The van der Waals surface area contributed by atoms with Gasteiger partial charge in [-0.1, -0.05) is 29.8 Å². The zero-order chi connectivity index (χ0) is 19.7. The molecule has 0 aliphatic heterocycles. The van der Waals surface area contributed by atoms with Crippen LogP contribution in [0, 0.1) is 0 Å². The van der Waals surface area contributed by atoms with Gasteiger partial charge in [0.05, 0.1) is 10.4 Å². The molecule has 0 radical (unpaired) electrons. The maximum absolute atomic E-state index is 12.8. The summed E-state index contributed by atoms with van der Waals surface area (Å²) in [7, 11) is 0. The molecule has 0 atom stereocenters. The van der Waals surface area contributed by atoms with Crippen molar-refractivity contribution in [3.8, 4) is 20.9 Å². The van der Waals surface area contributed by atoms with Crippen molar-refractivity contribution in [2.24, 2.45) is 0 Å². The smallest absolute Gasteiger partial charge is 0.337 e. The largest absolute Gasteiger partial charge is 0.478 e. The van der Waals surface area contributed by atoms with E-state index in [2.05, 4.69) is 0 Å². The predicted molar refractivity (Wildman–Crippen MR) is 117 cm³/mol. The quantitative estimate of drug-likeness (QED) is 0.326. The Hall–Kier alpha value is -2.25. The number of hydrogen-bond acceptors (Lipinski definition) is 5. The molecular formula is C21H13ClO3S3. The first-order valence-electron chi connectivity index (χ1n) is 8.29. The van der Waals surface area contributed by atoms with Crippen LogP contribution in [0.15, 0.2) is 59.3 Å². The molecule has 0 aliphatic rings. The van der Waals surface area contributed by atoms with Crippen molar-refractivity contribution >= 4 is 57.4 Å². The molecule has 0 saturated carbocycles. The first kappa shape index (κ1) is 19.1. The lowest BCUT2D eigenvalue weighted by Gasteiger charge is -2.04. The number of carboxylic acid groups (broad SMARTS) is 1. The van der Waals surface area contributed by atoms with Gasteiger partial charge in [-0.05, 0) is 46.7 Å². The summed E-state index contributed by atoms with van der Waals surface area (Å²) < 4.78 is 0. The third-order valence-corrected chi connectivity index (χ3v) is 7.63. The number of halogens is 1. The zero-order valence-electron chi connectivity index (χ0n) is 14.3. The average molecular weight is 445 g/mol. The SMILES string of the molecule is O=C(Cc1scc(-c2ccc(Cl)cc2)c1C(=O)O)c1ccc(-c2cccs2)s1. The van der Waals surface area contributed by atoms with Crippen molar-refractivity contribution in [1.29, 1.82) is 0 Å². The Morgan fingerprint density at radius 3 is 2.43 bits per heavy atom. The fourth-order valence-electron chi connectivity index (χ4n) is 2.88. The van der Waals surface area contributed by atoms with Gasteiger partial charge in [-0.2, -0.15) is 0 Å². The lowest BCUT2D eigenvalue weighted by Crippen LogP contribution is -2.06. The molecule has 28 heavy (non-hydrogen) atoms. The highest BCUT2D eigenvalue weighted by Gasteiger charge is 2.22. The van der Waals surface area contributed by atoms with Gasteiger partial charge in [0.1, 0.15) is 0 Å². The van der Waals surface area contributed by atoms with Gasteiger partial charge in [0.15, 0.2) is 5.78 Å². The number of carboxylic acids is 1. The van der Waals surface area contributed by atoms with E-state index >= 15 is 0 Å². The number of Topliss-reactive ketones (excluding diaryl/α,β-unsaturated/α-hetero) is 1. The molecule has 4 aromatic rings. The summed E-state index contributed by atoms with van der Waals surface area (Å²) >= 11 is 10.3. The topological polar surface area (TPSA) is 54.4 Å². The molecule has 0 saturated heterocycles. The molecule has 1 aromatic carbocycles. The number of aromatic carboxylic acids is 1. The van der Waals surface area contributed by atoms with Crippen LogP contribution in [0.2, 0.25) is 5.02 Å². The Kier molecular flexibility index (Phi) is 5.46. The lowest BCUT2D eigenvalue weighted by atomic mass is 10.0. The highest BCUT2D eigenvalue weighted by molar-refractivity contribution is 7.22. The van der Waals surface area contributed by atoms with Crippen LogP contribution in [-0.4, -0.2) is 16.9 Å². The highest BCUT2D eigenvalue weighted by atomic mass is 35.5. The monoisotopic (exact) mass is 444 g/mol. The van der Waals surface area contributed by atoms with Crippen molar-refractivity contribution in [3.05, 3.63) is 79.6 Å². The Morgan fingerprint density at radius 1 is 0.964 bits per heavy atom. The molecule has 4 rings (SSSR count). The van der Waals surface area contributed by atoms with E-state index in [1.807, 2.05) is 29.6 Å². The van der Waals surface area contributed by atoms with Gasteiger partial charge in [0.2, 0.25) is 0 Å². The van der Waals surface area contributed by atoms with Crippen molar-refractivity contribution in [3.63, 3.8) is 0 Å². The molecule has 0 aliphatic carbocycles. The summed E-state index contributed by atoms with van der Waals surface area (Å²) in [5, 5.41) is 14.1. The van der Waals surface area contributed by atoms with E-state index in [9.17, 15) is 14.7 Å². The van der Waals surface area contributed by atoms with Crippen LogP contribution in [-0.2, 0) is 6.42 Å². The molecule has 0 amide bonds. The fraction of sp³-hybridized carbons (Fsp3) is 0.0476. The first-order chi connectivity index (χ1) is 13.5. The minimum atomic E-state index is -1.03. The van der Waals surface area contributed by atoms with E-state index in [1.165, 1.54) is 22.7 Å². The normalized spacial score (nSPS) is 10.9. The van der Waals surface area contributed by atoms with Crippen LogP contribution >= 0.6 is 45.6 Å². The fourth-order valence-corrected chi connectivity index (χ4v) is 5.82. The number of hydrogen-bond donors (Lipinski definition) is 1. The van der Waals surface area contributed by atoms with Gasteiger partial charge in [-0.25, -0.2) is 4.79 Å². The van der Waals surface area contributed by atoms with Gasteiger partial charge in [-0.15, -0.1) is 34.0 Å². The second-order valence-corrected chi connectivity index (χ2v) is 9.43. The minimum absolute atomic E-state index is 0.0696. The lowest BCUT2D eigenvalue weighted by molar-refractivity contribution is 0.0697. The maximum atomic E-state index is 12.8. The van der Waals surface area contributed by atoms with Gasteiger partial charge in [-0.3, -0.25) is 4.79 Å². The van der Waals surface area contributed by atoms with E-state index in [0.717, 1.165) is 15.3 Å². The van der Waals surface area contributed by atoms with E-state index in [4.69, 9.17) is 11.6 Å². The molecule has 7 heteroatoms. The van der Waals surface area contributed by atoms with Crippen LogP contribution < -0.4 is 0 Å². The standard InChI is InChI=1S/C21H13ClO3S3/c22-13-5-3-12(4-6-13)14-11-27-19(20(14)21(24)25)10-15(23)16-7-8-18(28-16)17-2-1-9-26-17/h1-9,11H,10H2,(H,24,25). The molecule has 0 spiro atoms. The Morgan fingerprint density at radius 2 is 1.75 bits per heavy atom. The first-order valence-corrected chi connectivity index (χ1v) is 11.2. The van der Waals surface area contributed by atoms with Crippen LogP contribution in [0.25, 0.3) is 20.9 Å². The van der Waals surface area contributed by atoms with Gasteiger partial charge in [0, 0.05) is 31.6 Å². The molecule has 3 aromatic heterocycles. The number of carbonyl (C=O) groups is 2. The number of rotatable bonds is 6. The number of thiophene rings is 3. The summed E-state index contributed by atoms with van der Waals surface area (Å²) in [6.07, 6.45) is 0.0737. The molecular weight excluding hydrogens is 432 g/mol. The second-order valence-electron chi connectivity index (χ2n) is 6.00. The average Bonchev–Trinajstić information content (AvgIpc) is 3.42. The number of carbonyl (C=O) groups excluding carboxylic acids is 1. The summed E-state index contributed by atoms with van der Waals surface area (Å²) in [6, 6.07) is 14.8. The van der Waals surface area contributed by atoms with Gasteiger partial charge in [0.25, 0.3) is 0 Å². The van der Waals surface area contributed by atoms with Crippen LogP contribution in [0.1, 0.15) is 24.9 Å². The Balaban J connectivity index is 1.62. The Labute approximate surface area is 178 Å². The highest BCUT2D eigenvalue weighted by Crippen LogP contribution is 2.35. The second kappa shape index (κ2) is 8.01. The minimum Gasteiger partial charge on any atom is -0.478 e. The maximum Gasteiger partial charge on any atom is 0.337 e. The van der Waals surface area contributed by atoms with Crippen LogP contribution in [0.4, 0.5) is 0 Å². The summed E-state index contributed by atoms with van der Waals surface area (Å²) in [5.41, 5.74) is 1.57. The van der Waals surface area contributed by atoms with Gasteiger partial charge >= 0.3 is 5.97 Å². The third-order valence-electron chi connectivity index (χ3n) is 4.20.